The van der Waals surface area contributed by atoms with E-state index < -0.39 is 0 Å². The smallest absolute Gasteiger partial charge is 0.0547 e. The maximum atomic E-state index is 2.38. The van der Waals surface area contributed by atoms with Crippen molar-refractivity contribution >= 4 is 38.9 Å². The lowest BCUT2D eigenvalue weighted by atomic mass is 9.99. The monoisotopic (exact) mass is 638 g/mol. The number of rotatable bonds is 7. The lowest BCUT2D eigenvalue weighted by Gasteiger charge is -2.26. The Morgan fingerprint density at radius 3 is 1.26 bits per heavy atom. The predicted octanol–water partition coefficient (Wildman–Crippen LogP) is 13.3. The summed E-state index contributed by atoms with van der Waals surface area (Å²) < 4.78 is 2.38. The number of hydrogen-bond donors (Lipinski definition) is 0. The largest absolute Gasteiger partial charge is 0.311 e. The number of fused-ring (bicyclic) bond motifs is 3. The molecule has 0 radical (unpaired) electrons. The van der Waals surface area contributed by atoms with E-state index in [1.807, 2.05) is 0 Å². The van der Waals surface area contributed by atoms with E-state index in [0.717, 1.165) is 17.1 Å². The van der Waals surface area contributed by atoms with E-state index in [-0.39, 0.29) is 0 Å². The van der Waals surface area contributed by atoms with Gasteiger partial charge in [-0.1, -0.05) is 146 Å². The summed E-state index contributed by atoms with van der Waals surface area (Å²) in [7, 11) is 0. The van der Waals surface area contributed by atoms with Gasteiger partial charge < -0.3 is 9.47 Å². The van der Waals surface area contributed by atoms with Crippen molar-refractivity contribution in [3.05, 3.63) is 206 Å². The van der Waals surface area contributed by atoms with Crippen molar-refractivity contribution < 1.29 is 0 Å². The van der Waals surface area contributed by atoms with Crippen LogP contribution in [0.2, 0.25) is 0 Å². The van der Waals surface area contributed by atoms with E-state index in [2.05, 4.69) is 216 Å². The highest BCUT2D eigenvalue weighted by Crippen LogP contribution is 2.41. The van der Waals surface area contributed by atoms with Crippen LogP contribution in [0.5, 0.6) is 0 Å². The van der Waals surface area contributed by atoms with Gasteiger partial charge in [-0.05, 0) is 94.0 Å². The Kier molecular flexibility index (Phi) is 7.53. The predicted molar refractivity (Wildman–Crippen MR) is 212 cm³/mol. The first kappa shape index (κ1) is 29.5. The Bertz CT molecular complexity index is 2450. The van der Waals surface area contributed by atoms with Crippen LogP contribution in [0.4, 0.5) is 17.1 Å². The minimum Gasteiger partial charge on any atom is -0.311 e. The fourth-order valence-electron chi connectivity index (χ4n) is 7.22. The second-order valence-electron chi connectivity index (χ2n) is 12.6. The molecular weight excluding hydrogens is 605 g/mol. The fraction of sp³-hybridized carbons (Fsp3) is 0. The van der Waals surface area contributed by atoms with Gasteiger partial charge in [-0.3, -0.25) is 0 Å². The third-order valence-electron chi connectivity index (χ3n) is 9.61. The Labute approximate surface area is 292 Å². The summed E-state index contributed by atoms with van der Waals surface area (Å²) in [6, 6.07) is 73.9. The quantitative estimate of drug-likeness (QED) is 0.169. The van der Waals surface area contributed by atoms with E-state index in [4.69, 9.17) is 0 Å². The molecule has 0 unspecified atom stereocenters. The molecule has 0 saturated heterocycles. The summed E-state index contributed by atoms with van der Waals surface area (Å²) in [5, 5.41) is 2.52. The zero-order valence-electron chi connectivity index (χ0n) is 27.5. The zero-order valence-corrected chi connectivity index (χ0v) is 27.5. The molecular formula is C48H34N2. The summed E-state index contributed by atoms with van der Waals surface area (Å²) in [5.74, 6) is 0. The molecule has 2 heteroatoms. The molecule has 1 heterocycles. The van der Waals surface area contributed by atoms with E-state index in [1.165, 1.54) is 60.9 Å². The van der Waals surface area contributed by atoms with Gasteiger partial charge >= 0.3 is 0 Å². The second kappa shape index (κ2) is 12.8. The summed E-state index contributed by atoms with van der Waals surface area (Å²) in [4.78, 5) is 2.34. The van der Waals surface area contributed by atoms with Gasteiger partial charge in [-0.15, -0.1) is 0 Å². The average Bonchev–Trinajstić information content (AvgIpc) is 3.55. The summed E-state index contributed by atoms with van der Waals surface area (Å²) >= 11 is 0. The molecule has 0 N–H and O–H groups in total. The molecule has 2 nitrogen and oxygen atoms in total. The van der Waals surface area contributed by atoms with Gasteiger partial charge in [0.1, 0.15) is 0 Å². The van der Waals surface area contributed by atoms with E-state index >= 15 is 0 Å². The molecule has 0 aliphatic carbocycles. The summed E-state index contributed by atoms with van der Waals surface area (Å²) in [6.07, 6.45) is 0. The van der Waals surface area contributed by atoms with Crippen LogP contribution >= 0.6 is 0 Å². The highest BCUT2D eigenvalue weighted by molar-refractivity contribution is 6.15. The summed E-state index contributed by atoms with van der Waals surface area (Å²) in [6.45, 7) is 0. The minimum absolute atomic E-state index is 1.10. The molecule has 1 aromatic heterocycles. The van der Waals surface area contributed by atoms with Crippen molar-refractivity contribution in [3.63, 3.8) is 0 Å². The number of para-hydroxylation sites is 2. The molecule has 0 atom stereocenters. The van der Waals surface area contributed by atoms with Gasteiger partial charge in [0.05, 0.1) is 11.0 Å². The molecule has 0 fully saturated rings. The van der Waals surface area contributed by atoms with Crippen molar-refractivity contribution in [1.29, 1.82) is 0 Å². The molecule has 0 amide bonds. The molecule has 9 rings (SSSR count). The van der Waals surface area contributed by atoms with Crippen LogP contribution in [0, 0.1) is 0 Å². The van der Waals surface area contributed by atoms with Crippen LogP contribution in [-0.2, 0) is 0 Å². The Balaban J connectivity index is 1.14. The van der Waals surface area contributed by atoms with Crippen LogP contribution < -0.4 is 4.90 Å². The minimum atomic E-state index is 1.10. The SMILES string of the molecule is c1ccc(-c2ccc(N(c3ccc(-c4ccccc4)cc3)c3ccc(-c4cccc5c4c4ccccc4n5-c4ccccc4)cc3)cc2)cc1. The fourth-order valence-corrected chi connectivity index (χ4v) is 7.22. The van der Waals surface area contributed by atoms with E-state index in [1.54, 1.807) is 0 Å². The van der Waals surface area contributed by atoms with Crippen molar-refractivity contribution in [2.24, 2.45) is 0 Å². The number of anilines is 3. The third-order valence-corrected chi connectivity index (χ3v) is 9.61. The topological polar surface area (TPSA) is 8.17 Å². The van der Waals surface area contributed by atoms with Crippen molar-refractivity contribution in [2.75, 3.05) is 4.90 Å². The number of benzene rings is 8. The number of nitrogens with zero attached hydrogens (tertiary/aromatic N) is 2. The average molecular weight is 639 g/mol. The van der Waals surface area contributed by atoms with Gasteiger partial charge in [-0.2, -0.15) is 0 Å². The van der Waals surface area contributed by atoms with Crippen molar-refractivity contribution in [2.45, 2.75) is 0 Å². The summed E-state index contributed by atoms with van der Waals surface area (Å²) in [5.41, 5.74) is 14.1. The molecule has 0 spiro atoms. The zero-order chi connectivity index (χ0) is 33.3. The van der Waals surface area contributed by atoms with Crippen LogP contribution in [0.15, 0.2) is 206 Å². The molecule has 50 heavy (non-hydrogen) atoms. The van der Waals surface area contributed by atoms with Crippen molar-refractivity contribution in [1.82, 2.24) is 4.57 Å². The molecule has 0 bridgehead atoms. The van der Waals surface area contributed by atoms with Crippen LogP contribution in [0.1, 0.15) is 0 Å². The maximum Gasteiger partial charge on any atom is 0.0547 e. The molecule has 8 aromatic carbocycles. The molecule has 0 saturated carbocycles. The van der Waals surface area contributed by atoms with Crippen LogP contribution in [-0.4, -0.2) is 4.57 Å². The van der Waals surface area contributed by atoms with Crippen LogP contribution in [0.3, 0.4) is 0 Å². The number of aromatic nitrogens is 1. The second-order valence-corrected chi connectivity index (χ2v) is 12.6. The lowest BCUT2D eigenvalue weighted by Crippen LogP contribution is -2.09. The van der Waals surface area contributed by atoms with Gasteiger partial charge in [0.15, 0.2) is 0 Å². The van der Waals surface area contributed by atoms with E-state index in [0.29, 0.717) is 0 Å². The van der Waals surface area contributed by atoms with Gasteiger partial charge in [0, 0.05) is 33.5 Å². The Morgan fingerprint density at radius 2 is 0.720 bits per heavy atom. The van der Waals surface area contributed by atoms with Gasteiger partial charge in [0.25, 0.3) is 0 Å². The molecule has 0 aliphatic rings. The third kappa shape index (κ3) is 5.34. The Morgan fingerprint density at radius 1 is 0.300 bits per heavy atom. The Hall–Kier alpha value is -6.64. The normalized spacial score (nSPS) is 11.2. The van der Waals surface area contributed by atoms with Crippen LogP contribution in [0.25, 0.3) is 60.9 Å². The van der Waals surface area contributed by atoms with E-state index in [9.17, 15) is 0 Å². The van der Waals surface area contributed by atoms with Gasteiger partial charge in [-0.25, -0.2) is 0 Å². The molecule has 0 aliphatic heterocycles. The first-order valence-corrected chi connectivity index (χ1v) is 17.1. The standard InChI is InChI=1S/C48H34N2/c1-4-13-35(14-5-1)37-23-29-41(30-24-37)49(42-31-25-38(26-32-42)36-15-6-2-7-16-36)43-33-27-39(28-34-43)44-20-12-22-47-48(44)45-19-10-11-21-46(45)50(47)40-17-8-3-9-18-40/h1-34H. The lowest BCUT2D eigenvalue weighted by molar-refractivity contribution is 1.18. The molecule has 9 aromatic rings. The molecule has 236 valence electrons. The maximum absolute atomic E-state index is 2.38. The highest BCUT2D eigenvalue weighted by atomic mass is 15.1. The van der Waals surface area contributed by atoms with Gasteiger partial charge in [0.2, 0.25) is 0 Å². The number of hydrogen-bond acceptors (Lipinski definition) is 1. The first-order chi connectivity index (χ1) is 24.8. The first-order valence-electron chi connectivity index (χ1n) is 17.1. The highest BCUT2D eigenvalue weighted by Gasteiger charge is 2.17. The van der Waals surface area contributed by atoms with Crippen molar-refractivity contribution in [3.8, 4) is 39.1 Å².